The van der Waals surface area contributed by atoms with Crippen LogP contribution < -0.4 is 25.4 Å². The molecule has 0 bridgehead atoms. The number of halogens is 1. The van der Waals surface area contributed by atoms with Crippen LogP contribution >= 0.6 is 0 Å². The molecule has 3 heteroatoms. The van der Waals surface area contributed by atoms with Crippen molar-refractivity contribution in [2.75, 3.05) is 4.43 Å². The summed E-state index contributed by atoms with van der Waals surface area (Å²) in [6.07, 6.45) is 3.16. The Morgan fingerprint density at radius 3 is 2.60 bits per heavy atom. The summed E-state index contributed by atoms with van der Waals surface area (Å²) >= 11 is -0.250. The first kappa shape index (κ1) is 10.7. The van der Waals surface area contributed by atoms with Gasteiger partial charge in [0, 0.05) is 0 Å². The fraction of sp³-hybridized carbons (Fsp3) is 1.00. The number of aliphatic hydroxyl groups is 1. The van der Waals surface area contributed by atoms with E-state index in [0.717, 1.165) is 23.7 Å². The standard InChI is InChI=1S/C7H17INO/c1-3-4-5-7(2,10)6-8-9/h10H,3-6,9H2,1-2H3/q-1/t7-/m1/s1. The first-order chi connectivity index (χ1) is 4.62. The fourth-order valence-corrected chi connectivity index (χ4v) is 2.12. The Hall–Kier alpha value is 0.650. The van der Waals surface area contributed by atoms with E-state index in [2.05, 4.69) is 6.92 Å². The van der Waals surface area contributed by atoms with Crippen molar-refractivity contribution in [3.63, 3.8) is 0 Å². The first-order valence-electron chi connectivity index (χ1n) is 3.62. The SMILES string of the molecule is CCCC[C@@](C)(O)C[I-]N. The molecule has 0 aromatic carbocycles. The summed E-state index contributed by atoms with van der Waals surface area (Å²) in [4.78, 5) is 0. The Morgan fingerprint density at radius 1 is 1.60 bits per heavy atom. The van der Waals surface area contributed by atoms with E-state index in [-0.39, 0.29) is 21.5 Å². The number of hydrogen-bond acceptors (Lipinski definition) is 2. The summed E-state index contributed by atoms with van der Waals surface area (Å²) < 4.78 is 6.26. The third-order valence-electron chi connectivity index (χ3n) is 1.43. The molecule has 0 saturated heterocycles. The zero-order valence-electron chi connectivity index (χ0n) is 6.73. The predicted molar refractivity (Wildman–Crippen MR) is 39.2 cm³/mol. The molecule has 64 valence electrons. The van der Waals surface area contributed by atoms with Crippen LogP contribution in [0.15, 0.2) is 0 Å². The maximum absolute atomic E-state index is 9.59. The molecule has 0 unspecified atom stereocenters. The van der Waals surface area contributed by atoms with Crippen molar-refractivity contribution in [1.82, 2.24) is 0 Å². The van der Waals surface area contributed by atoms with Crippen LogP contribution in [0.1, 0.15) is 33.1 Å². The van der Waals surface area contributed by atoms with Gasteiger partial charge in [0.2, 0.25) is 0 Å². The van der Waals surface area contributed by atoms with Crippen LogP contribution in [-0.2, 0) is 0 Å². The Labute approximate surface area is 73.8 Å². The second-order valence-electron chi connectivity index (χ2n) is 2.89. The predicted octanol–water partition coefficient (Wildman–Crippen LogP) is -2.11. The molecule has 10 heavy (non-hydrogen) atoms. The zero-order valence-corrected chi connectivity index (χ0v) is 8.89. The van der Waals surface area contributed by atoms with E-state index in [1.54, 1.807) is 0 Å². The Balaban J connectivity index is 3.42. The van der Waals surface area contributed by atoms with Gasteiger partial charge in [-0.1, -0.05) is 0 Å². The molecule has 0 amide bonds. The monoisotopic (exact) mass is 258 g/mol. The summed E-state index contributed by atoms with van der Waals surface area (Å²) in [5, 5.41) is 9.59. The second-order valence-corrected chi connectivity index (χ2v) is 4.53. The molecule has 0 rings (SSSR count). The first-order valence-corrected chi connectivity index (χ1v) is 6.39. The molecule has 0 aromatic heterocycles. The summed E-state index contributed by atoms with van der Waals surface area (Å²) in [5.41, 5.74) is -0.474. The molecular weight excluding hydrogens is 241 g/mol. The number of nitrogens with two attached hydrogens (primary N) is 1. The van der Waals surface area contributed by atoms with E-state index in [1.807, 2.05) is 6.92 Å². The summed E-state index contributed by atoms with van der Waals surface area (Å²) in [5.74, 6) is 0. The summed E-state index contributed by atoms with van der Waals surface area (Å²) in [7, 11) is 0. The van der Waals surface area contributed by atoms with Gasteiger partial charge in [-0.2, -0.15) is 0 Å². The topological polar surface area (TPSA) is 46.2 Å². The molecule has 0 aliphatic rings. The molecule has 0 spiro atoms. The number of rotatable bonds is 5. The van der Waals surface area contributed by atoms with Crippen molar-refractivity contribution >= 4 is 0 Å². The quantitative estimate of drug-likeness (QED) is 0.337. The van der Waals surface area contributed by atoms with Gasteiger partial charge in [-0.3, -0.25) is 0 Å². The van der Waals surface area contributed by atoms with Gasteiger partial charge in [-0.25, -0.2) is 0 Å². The van der Waals surface area contributed by atoms with Gasteiger partial charge in [0.1, 0.15) is 0 Å². The van der Waals surface area contributed by atoms with Gasteiger partial charge < -0.3 is 0 Å². The Morgan fingerprint density at radius 2 is 2.20 bits per heavy atom. The van der Waals surface area contributed by atoms with E-state index in [4.69, 9.17) is 3.95 Å². The zero-order chi connectivity index (χ0) is 8.04. The number of unbranched alkanes of at least 4 members (excludes halogenated alkanes) is 1. The van der Waals surface area contributed by atoms with Crippen LogP contribution in [-0.4, -0.2) is 15.1 Å². The van der Waals surface area contributed by atoms with E-state index < -0.39 is 5.60 Å². The number of hydrogen-bond donors (Lipinski definition) is 2. The molecule has 0 aliphatic carbocycles. The summed E-state index contributed by atoms with van der Waals surface area (Å²) in [6, 6.07) is 0. The second kappa shape index (κ2) is 5.32. The van der Waals surface area contributed by atoms with Gasteiger partial charge in [-0.15, -0.1) is 0 Å². The van der Waals surface area contributed by atoms with E-state index in [9.17, 15) is 5.11 Å². The van der Waals surface area contributed by atoms with Crippen molar-refractivity contribution in [1.29, 1.82) is 0 Å². The van der Waals surface area contributed by atoms with E-state index in [1.165, 1.54) is 0 Å². The van der Waals surface area contributed by atoms with Crippen molar-refractivity contribution in [2.45, 2.75) is 38.7 Å². The van der Waals surface area contributed by atoms with Crippen LogP contribution in [0.3, 0.4) is 0 Å². The molecule has 0 radical (unpaired) electrons. The van der Waals surface area contributed by atoms with E-state index >= 15 is 0 Å². The molecule has 3 N–H and O–H groups in total. The molecule has 2 nitrogen and oxygen atoms in total. The van der Waals surface area contributed by atoms with Crippen LogP contribution in [0.5, 0.6) is 0 Å². The number of alkyl halides is 1. The van der Waals surface area contributed by atoms with Crippen molar-refractivity contribution in [3.05, 3.63) is 0 Å². The van der Waals surface area contributed by atoms with Gasteiger partial charge >= 0.3 is 73.7 Å². The van der Waals surface area contributed by atoms with Crippen molar-refractivity contribution < 1.29 is 26.6 Å². The maximum atomic E-state index is 9.59. The minimum absolute atomic E-state index is 0.250. The van der Waals surface area contributed by atoms with Crippen LogP contribution in [0.25, 0.3) is 0 Å². The van der Waals surface area contributed by atoms with Crippen LogP contribution in [0, 0.1) is 0 Å². The van der Waals surface area contributed by atoms with Gasteiger partial charge in [-0.05, 0) is 0 Å². The molecule has 0 aromatic rings. The van der Waals surface area contributed by atoms with Crippen molar-refractivity contribution in [3.8, 4) is 0 Å². The summed E-state index contributed by atoms with van der Waals surface area (Å²) in [6.45, 7) is 4.02. The van der Waals surface area contributed by atoms with Gasteiger partial charge in [0.25, 0.3) is 0 Å². The van der Waals surface area contributed by atoms with Gasteiger partial charge in [0.15, 0.2) is 0 Å². The third kappa shape index (κ3) is 5.44. The molecule has 0 fully saturated rings. The van der Waals surface area contributed by atoms with Crippen LogP contribution in [0.4, 0.5) is 0 Å². The van der Waals surface area contributed by atoms with Gasteiger partial charge in [0.05, 0.1) is 0 Å². The molecule has 1 atom stereocenters. The fourth-order valence-electron chi connectivity index (χ4n) is 0.791. The van der Waals surface area contributed by atoms with E-state index in [0.29, 0.717) is 0 Å². The minimum atomic E-state index is -0.474. The molecule has 0 heterocycles. The molecule has 0 saturated carbocycles. The third-order valence-corrected chi connectivity index (χ3v) is 3.52. The molecule has 0 aliphatic heterocycles. The average molecular weight is 258 g/mol. The van der Waals surface area contributed by atoms with Crippen molar-refractivity contribution in [2.24, 2.45) is 3.95 Å². The normalized spacial score (nSPS) is 17.2. The Kier molecular flexibility index (Phi) is 5.67. The average Bonchev–Trinajstić information content (AvgIpc) is 1.84. The Bertz CT molecular complexity index is 85.7. The van der Waals surface area contributed by atoms with Crippen LogP contribution in [0.2, 0.25) is 0 Å². The molecular formula is C7H17INO-.